The van der Waals surface area contributed by atoms with Gasteiger partial charge in [0.2, 0.25) is 23.7 Å². The fourth-order valence-electron chi connectivity index (χ4n) is 17.4. The Morgan fingerprint density at radius 2 is 0.906 bits per heavy atom. The van der Waals surface area contributed by atoms with Crippen LogP contribution in [0.3, 0.4) is 0 Å². The van der Waals surface area contributed by atoms with E-state index in [0.717, 1.165) is 218 Å². The number of anilines is 7. The molecule has 618 valence electrons. The molecule has 0 bridgehead atoms. The van der Waals surface area contributed by atoms with E-state index in [1.165, 1.54) is 18.2 Å². The Hall–Kier alpha value is -11.6. The molecule has 0 radical (unpaired) electrons. The van der Waals surface area contributed by atoms with E-state index in [0.29, 0.717) is 69.7 Å². The zero-order valence-corrected chi connectivity index (χ0v) is 69.7. The molecule has 4 fully saturated rings. The number of piperazine rings is 1. The SMILES string of the molecule is C=CC(=O)N(CC)CC.C=CC(=O)N1CC2(C1)CN(c1nc(OC(C)CN(C)C)nc3c1CCN(c1cc(O)cc4ccccc14)C3)C2.C=CC(=O)N1CCN(c2nc(O[C@H](C)CN(C)C)nc3c2CCN(c2cc(O)cc4ccccc24)C3)CC1.CN(C)C1CCN(c2nc(N)c3c(n2)CN(c2cc(O)cc4ccccc24)CC3)CC1. The van der Waals surface area contributed by atoms with Crippen molar-refractivity contribution in [2.24, 2.45) is 5.41 Å². The zero-order chi connectivity index (χ0) is 82.9. The van der Waals surface area contributed by atoms with E-state index in [1.54, 1.807) is 17.0 Å². The molecule has 4 saturated heterocycles. The molecule has 3 amide bonds. The minimum absolute atomic E-state index is 0.00335. The number of rotatable bonds is 20. The summed E-state index contributed by atoms with van der Waals surface area (Å²) in [5.74, 6) is 3.97. The van der Waals surface area contributed by atoms with Crippen molar-refractivity contribution in [3.63, 3.8) is 0 Å². The van der Waals surface area contributed by atoms with Crippen LogP contribution in [0.15, 0.2) is 147 Å². The van der Waals surface area contributed by atoms with E-state index in [9.17, 15) is 29.7 Å². The van der Waals surface area contributed by atoms with Gasteiger partial charge in [-0.15, -0.1) is 0 Å². The molecular weight excluding hydrogens is 1480 g/mol. The van der Waals surface area contributed by atoms with Gasteiger partial charge in [0.15, 0.2) is 0 Å². The average Bonchev–Trinajstić information content (AvgIpc) is 0.704. The first kappa shape index (κ1) is 83.4. The summed E-state index contributed by atoms with van der Waals surface area (Å²) in [6.07, 6.45) is 8.55. The molecule has 9 aromatic rings. The highest BCUT2D eigenvalue weighted by Gasteiger charge is 2.54. The van der Waals surface area contributed by atoms with Gasteiger partial charge >= 0.3 is 12.0 Å². The third kappa shape index (κ3) is 19.3. The van der Waals surface area contributed by atoms with Gasteiger partial charge in [-0.3, -0.25) is 14.4 Å². The Balaban J connectivity index is 0.000000145. The summed E-state index contributed by atoms with van der Waals surface area (Å²) in [7, 11) is 12.4. The number of phenolic OH excluding ortho intramolecular Hbond substituents is 3. The predicted molar refractivity (Wildman–Crippen MR) is 466 cm³/mol. The highest BCUT2D eigenvalue weighted by Crippen LogP contribution is 2.46. The monoisotopic (exact) mass is 1590 g/mol. The summed E-state index contributed by atoms with van der Waals surface area (Å²) >= 11 is 0. The minimum atomic E-state index is -0.0762. The molecule has 117 heavy (non-hydrogen) atoms. The first-order chi connectivity index (χ1) is 56.3. The minimum Gasteiger partial charge on any atom is -0.508 e. The Kier molecular flexibility index (Phi) is 26.2. The number of benzene rings is 6. The number of carbonyl (C=O) groups is 3. The van der Waals surface area contributed by atoms with Crippen molar-refractivity contribution < 1.29 is 39.2 Å². The summed E-state index contributed by atoms with van der Waals surface area (Å²) in [6, 6.07) is 36.8. The van der Waals surface area contributed by atoms with Gasteiger partial charge in [-0.1, -0.05) is 92.5 Å². The van der Waals surface area contributed by atoms with Crippen LogP contribution < -0.4 is 44.6 Å². The standard InChI is InChI=1S/C30H36N6O3.C29H36N6O3.C24H30N6O.C7H13NO/c1-5-27(38)35-16-30(17-35)18-36(19-30)28-24-10-11-34(26-13-22(37)12-21-8-6-7-9-23(21)26)15-25(24)31-29(32-28)39-20(2)14-33(3)4;1-5-27(37)33-12-14-34(15-13-33)28-24-10-11-35(26-17-22(36)16-21-8-6-7-9-23(21)26)19-25(24)30-29(31-28)38-20(2)18-32(3)4;1-28(2)17-7-10-29(11-8-17)24-26-21-15-30(12-9-20(21)23(25)27-24)22-14-18(31)13-16-5-3-4-6-19(16)22;1-4-7(9)8(5-2)6-3/h5-9,12-13,20,37H,1,10-11,14-19H2,2-4H3;5-9,16-17,20,36H,1,10-15,18-19H2,2-4H3;3-6,13-14,17,31H,7-12,15H2,1-2H3,(H2,25,26,27);4H,1,5-6H2,2-3H3/t;20-;;/m.1../s1. The molecule has 27 heteroatoms. The molecule has 16 rings (SSSR count). The molecule has 6 aromatic carbocycles. The molecular formula is C90H115N19O8. The van der Waals surface area contributed by atoms with Crippen molar-refractivity contribution in [3.8, 4) is 29.3 Å². The van der Waals surface area contributed by atoms with Crippen molar-refractivity contribution in [2.75, 3.05) is 189 Å². The average molecular weight is 1590 g/mol. The van der Waals surface area contributed by atoms with Crippen molar-refractivity contribution in [2.45, 2.75) is 97.7 Å². The number of hydrogen-bond acceptors (Lipinski definition) is 24. The molecule has 1 spiro atoms. The highest BCUT2D eigenvalue weighted by atomic mass is 16.5. The lowest BCUT2D eigenvalue weighted by Gasteiger charge is -2.60. The summed E-state index contributed by atoms with van der Waals surface area (Å²) in [6.45, 7) is 33.7. The first-order valence-electron chi connectivity index (χ1n) is 40.9. The third-order valence-electron chi connectivity index (χ3n) is 23.2. The van der Waals surface area contributed by atoms with Crippen LogP contribution in [0.4, 0.5) is 40.5 Å². The second kappa shape index (κ2) is 36.7. The normalized spacial score (nSPS) is 16.8. The number of ether oxygens (including phenoxy) is 2. The van der Waals surface area contributed by atoms with E-state index in [4.69, 9.17) is 40.1 Å². The van der Waals surface area contributed by atoms with E-state index in [1.807, 2.05) is 145 Å². The molecule has 2 atom stereocenters. The largest absolute Gasteiger partial charge is 0.508 e. The molecule has 1 unspecified atom stereocenters. The fourth-order valence-corrected chi connectivity index (χ4v) is 17.4. The summed E-state index contributed by atoms with van der Waals surface area (Å²) in [5.41, 5.74) is 15.8. The summed E-state index contributed by atoms with van der Waals surface area (Å²) in [5, 5.41) is 37.5. The maximum absolute atomic E-state index is 12.1. The number of hydrogen-bond donors (Lipinski definition) is 4. The number of nitrogens with zero attached hydrogens (tertiary/aromatic N) is 18. The highest BCUT2D eigenvalue weighted by molar-refractivity contribution is 5.98. The van der Waals surface area contributed by atoms with Gasteiger partial charge in [0.25, 0.3) is 0 Å². The maximum atomic E-state index is 12.1. The topological polar surface area (TPSA) is 273 Å². The smallest absolute Gasteiger partial charge is 0.318 e. The molecule has 27 nitrogen and oxygen atoms in total. The predicted octanol–water partition coefficient (Wildman–Crippen LogP) is 10.2. The van der Waals surface area contributed by atoms with Gasteiger partial charge in [0.05, 0.1) is 36.7 Å². The second-order valence-corrected chi connectivity index (χ2v) is 32.5. The van der Waals surface area contributed by atoms with Crippen LogP contribution in [0.5, 0.6) is 29.3 Å². The van der Waals surface area contributed by atoms with Crippen LogP contribution >= 0.6 is 0 Å². The second-order valence-electron chi connectivity index (χ2n) is 32.5. The Bertz CT molecular complexity index is 5080. The van der Waals surface area contributed by atoms with Gasteiger partial charge < -0.3 is 89.3 Å². The summed E-state index contributed by atoms with van der Waals surface area (Å²) in [4.78, 5) is 89.7. The van der Waals surface area contributed by atoms with Crippen LogP contribution in [0.1, 0.15) is 74.3 Å². The van der Waals surface area contributed by atoms with Crippen molar-refractivity contribution in [1.29, 1.82) is 0 Å². The quantitative estimate of drug-likeness (QED) is 0.0516. The Morgan fingerprint density at radius 3 is 1.31 bits per heavy atom. The fraction of sp³-hybridized carbons (Fsp3) is 0.433. The van der Waals surface area contributed by atoms with Crippen LogP contribution in [-0.2, 0) is 53.3 Å². The van der Waals surface area contributed by atoms with Crippen LogP contribution in [0.25, 0.3) is 32.3 Å². The number of phenols is 3. The van der Waals surface area contributed by atoms with E-state index in [2.05, 4.69) is 101 Å². The number of fused-ring (bicyclic) bond motifs is 6. The lowest BCUT2D eigenvalue weighted by Crippen LogP contribution is -2.73. The van der Waals surface area contributed by atoms with Gasteiger partial charge in [-0.05, 0) is 155 Å². The van der Waals surface area contributed by atoms with Crippen molar-refractivity contribution in [3.05, 3.63) is 181 Å². The molecule has 10 heterocycles. The number of piperidine rings is 1. The van der Waals surface area contributed by atoms with E-state index >= 15 is 0 Å². The van der Waals surface area contributed by atoms with Crippen LogP contribution in [-0.4, -0.2) is 264 Å². The van der Waals surface area contributed by atoms with Gasteiger partial charge in [0, 0.05) is 191 Å². The maximum Gasteiger partial charge on any atom is 0.318 e. The number of carbonyl (C=O) groups excluding carboxylic acids is 3. The molecule has 0 saturated carbocycles. The number of aromatic hydroxyl groups is 3. The molecule has 0 aliphatic carbocycles. The van der Waals surface area contributed by atoms with Crippen molar-refractivity contribution in [1.82, 2.24) is 59.3 Å². The lowest BCUT2D eigenvalue weighted by atomic mass is 9.72. The number of nitrogens with two attached hydrogens (primary N) is 1. The molecule has 5 N–H and O–H groups in total. The van der Waals surface area contributed by atoms with E-state index < -0.39 is 0 Å². The zero-order valence-electron chi connectivity index (χ0n) is 69.7. The molecule has 3 aromatic heterocycles. The number of likely N-dealkylation sites (N-methyl/N-ethyl adjacent to an activating group) is 3. The van der Waals surface area contributed by atoms with E-state index in [-0.39, 0.29) is 52.6 Å². The van der Waals surface area contributed by atoms with Crippen LogP contribution in [0.2, 0.25) is 0 Å². The van der Waals surface area contributed by atoms with Gasteiger partial charge in [-0.2, -0.15) is 24.9 Å². The third-order valence-corrected chi connectivity index (χ3v) is 23.2. The van der Waals surface area contributed by atoms with Crippen molar-refractivity contribution >= 4 is 90.5 Å². The Labute approximate surface area is 687 Å². The Morgan fingerprint density at radius 1 is 0.496 bits per heavy atom. The number of likely N-dealkylation sites (tertiary alicyclic amines) is 1. The first-order valence-corrected chi connectivity index (χ1v) is 40.9. The van der Waals surface area contributed by atoms with Crippen LogP contribution in [0, 0.1) is 5.41 Å². The van der Waals surface area contributed by atoms with Gasteiger partial charge in [0.1, 0.15) is 46.9 Å². The molecule has 7 aliphatic heterocycles. The summed E-state index contributed by atoms with van der Waals surface area (Å²) < 4.78 is 12.4. The number of amides is 3. The lowest BCUT2D eigenvalue weighted by molar-refractivity contribution is -0.139. The molecule has 7 aliphatic rings. The number of nitrogen functional groups attached to an aromatic ring is 1. The number of aromatic nitrogens is 6. The van der Waals surface area contributed by atoms with Gasteiger partial charge in [-0.25, -0.2) is 4.98 Å².